The SMILES string of the molecule is CCC1(O)C=C2CC(O)CC[C@]2(C)[C@@H]2CC[C@]3(C)C(CCCC(O[SiH2]C)O[SiH2]C)CC[C@H]3[C@@H]21. The summed E-state index contributed by atoms with van der Waals surface area (Å²) in [4.78, 5) is 0. The van der Waals surface area contributed by atoms with Crippen LogP contribution in [-0.4, -0.2) is 47.7 Å². The first-order valence-electron chi connectivity index (χ1n) is 14.1. The highest BCUT2D eigenvalue weighted by Gasteiger charge is 2.63. The molecule has 0 saturated heterocycles. The standard InChI is InChI=1S/C27H50O4Si2/c1-6-27(29)17-19-16-20(28)12-14-26(19,3)22-13-15-25(2)18(10-11-21(25)24(22)27)8-7-9-23(30-32-4)31-33-5/h17-18,20-24,28-29H,6-16,32-33H2,1-5H3/t18?,20?,21-,22+,24-,25+,26-,27?/m0/s1. The lowest BCUT2D eigenvalue weighted by atomic mass is 9.44. The summed E-state index contributed by atoms with van der Waals surface area (Å²) in [5, 5.41) is 22.4. The summed E-state index contributed by atoms with van der Waals surface area (Å²) in [6.45, 7) is 11.6. The maximum atomic E-state index is 12.0. The first-order valence-corrected chi connectivity index (χ1v) is 18.1. The van der Waals surface area contributed by atoms with Gasteiger partial charge in [0.2, 0.25) is 0 Å². The van der Waals surface area contributed by atoms with Crippen LogP contribution >= 0.6 is 0 Å². The third-order valence-electron chi connectivity index (χ3n) is 10.7. The van der Waals surface area contributed by atoms with Crippen molar-refractivity contribution >= 4 is 19.5 Å². The van der Waals surface area contributed by atoms with Crippen molar-refractivity contribution in [1.29, 1.82) is 0 Å². The van der Waals surface area contributed by atoms with Gasteiger partial charge in [-0.15, -0.1) is 0 Å². The fourth-order valence-corrected chi connectivity index (χ4v) is 10.3. The van der Waals surface area contributed by atoms with E-state index in [0.717, 1.165) is 38.0 Å². The van der Waals surface area contributed by atoms with Gasteiger partial charge in [-0.25, -0.2) is 0 Å². The molecule has 0 aromatic carbocycles. The minimum atomic E-state index is -0.706. The molecule has 0 aromatic rings. The van der Waals surface area contributed by atoms with E-state index in [0.29, 0.717) is 23.2 Å². The zero-order valence-corrected chi connectivity index (χ0v) is 24.8. The number of aliphatic hydroxyl groups is 2. The second-order valence-corrected chi connectivity index (χ2v) is 14.0. The Morgan fingerprint density at radius 1 is 1.06 bits per heavy atom. The molecule has 4 aliphatic rings. The molecule has 3 unspecified atom stereocenters. The third kappa shape index (κ3) is 4.62. The average Bonchev–Trinajstić information content (AvgIpc) is 3.11. The van der Waals surface area contributed by atoms with Gasteiger partial charge < -0.3 is 19.1 Å². The largest absolute Gasteiger partial charge is 0.401 e. The number of hydrogen-bond acceptors (Lipinski definition) is 4. The second-order valence-electron chi connectivity index (χ2n) is 12.2. The highest BCUT2D eigenvalue weighted by molar-refractivity contribution is 6.26. The van der Waals surface area contributed by atoms with Crippen molar-refractivity contribution in [2.45, 2.75) is 122 Å². The molecule has 0 aromatic heterocycles. The quantitative estimate of drug-likeness (QED) is 0.282. The zero-order chi connectivity index (χ0) is 23.9. The van der Waals surface area contributed by atoms with Gasteiger partial charge in [-0.3, -0.25) is 0 Å². The topological polar surface area (TPSA) is 58.9 Å². The highest BCUT2D eigenvalue weighted by atomic mass is 28.2. The molecule has 0 bridgehead atoms. The van der Waals surface area contributed by atoms with Crippen molar-refractivity contribution in [1.82, 2.24) is 0 Å². The summed E-state index contributed by atoms with van der Waals surface area (Å²) < 4.78 is 11.9. The van der Waals surface area contributed by atoms with E-state index < -0.39 is 25.1 Å². The molecule has 0 heterocycles. The molecule has 3 saturated carbocycles. The molecule has 6 heteroatoms. The zero-order valence-electron chi connectivity index (χ0n) is 21.9. The van der Waals surface area contributed by atoms with E-state index in [-0.39, 0.29) is 17.8 Å². The Labute approximate surface area is 207 Å². The molecule has 4 nitrogen and oxygen atoms in total. The van der Waals surface area contributed by atoms with Crippen LogP contribution in [0.25, 0.3) is 0 Å². The summed E-state index contributed by atoms with van der Waals surface area (Å²) >= 11 is 0. The van der Waals surface area contributed by atoms with Crippen molar-refractivity contribution in [2.24, 2.45) is 34.5 Å². The Bertz CT molecular complexity index is 710. The van der Waals surface area contributed by atoms with Crippen molar-refractivity contribution in [3.8, 4) is 0 Å². The number of aliphatic hydroxyl groups excluding tert-OH is 1. The monoisotopic (exact) mass is 494 g/mol. The van der Waals surface area contributed by atoms with E-state index in [1.165, 1.54) is 44.1 Å². The van der Waals surface area contributed by atoms with Gasteiger partial charge in [-0.05, 0) is 105 Å². The molecule has 0 spiro atoms. The molecule has 0 aliphatic heterocycles. The van der Waals surface area contributed by atoms with Gasteiger partial charge in [0, 0.05) is 0 Å². The minimum absolute atomic E-state index is 0.0627. The normalized spacial score (nSPS) is 46.4. The fourth-order valence-electron chi connectivity index (χ4n) is 8.85. The minimum Gasteiger partial charge on any atom is -0.401 e. The molecule has 0 amide bonds. The number of hydrogen-bond donors (Lipinski definition) is 2. The van der Waals surface area contributed by atoms with Gasteiger partial charge in [0.1, 0.15) is 6.29 Å². The van der Waals surface area contributed by atoms with Crippen molar-refractivity contribution in [3.05, 3.63) is 11.6 Å². The fraction of sp³-hybridized carbons (Fsp3) is 0.926. The van der Waals surface area contributed by atoms with E-state index in [2.05, 4.69) is 39.9 Å². The van der Waals surface area contributed by atoms with Crippen LogP contribution in [0.3, 0.4) is 0 Å². The van der Waals surface area contributed by atoms with Crippen LogP contribution in [0, 0.1) is 34.5 Å². The first-order chi connectivity index (χ1) is 15.7. The highest BCUT2D eigenvalue weighted by Crippen LogP contribution is 2.68. The van der Waals surface area contributed by atoms with E-state index in [4.69, 9.17) is 8.85 Å². The summed E-state index contributed by atoms with van der Waals surface area (Å²) in [5.41, 5.74) is 1.16. The second kappa shape index (κ2) is 10.2. The van der Waals surface area contributed by atoms with E-state index >= 15 is 0 Å². The molecule has 4 rings (SSSR count). The number of fused-ring (bicyclic) bond motifs is 5. The van der Waals surface area contributed by atoms with E-state index in [1.54, 1.807) is 0 Å². The Morgan fingerprint density at radius 3 is 2.45 bits per heavy atom. The lowest BCUT2D eigenvalue weighted by molar-refractivity contribution is -0.139. The van der Waals surface area contributed by atoms with Crippen molar-refractivity contribution < 1.29 is 19.1 Å². The average molecular weight is 495 g/mol. The number of rotatable bonds is 9. The van der Waals surface area contributed by atoms with E-state index in [1.807, 2.05) is 0 Å². The molecule has 4 aliphatic carbocycles. The van der Waals surface area contributed by atoms with Gasteiger partial charge in [0.05, 0.1) is 11.7 Å². The molecular formula is C27H50O4Si2. The molecule has 0 radical (unpaired) electrons. The van der Waals surface area contributed by atoms with Crippen LogP contribution in [0.2, 0.25) is 13.1 Å². The first kappa shape index (κ1) is 26.1. The smallest absolute Gasteiger partial charge is 0.161 e. The lowest BCUT2D eigenvalue weighted by Crippen LogP contribution is -2.59. The Kier molecular flexibility index (Phi) is 8.04. The predicted octanol–water partition coefficient (Wildman–Crippen LogP) is 4.47. The van der Waals surface area contributed by atoms with Crippen LogP contribution in [0.4, 0.5) is 0 Å². The van der Waals surface area contributed by atoms with Gasteiger partial charge in [0.15, 0.2) is 19.5 Å². The summed E-state index contributed by atoms with van der Waals surface area (Å²) in [6.07, 6.45) is 14.3. The molecule has 33 heavy (non-hydrogen) atoms. The van der Waals surface area contributed by atoms with Gasteiger partial charge in [-0.2, -0.15) is 0 Å². The lowest BCUT2D eigenvalue weighted by Gasteiger charge is -2.62. The molecule has 3 fully saturated rings. The van der Waals surface area contributed by atoms with Crippen molar-refractivity contribution in [2.75, 3.05) is 0 Å². The Balaban J connectivity index is 1.52. The van der Waals surface area contributed by atoms with Gasteiger partial charge in [0.25, 0.3) is 0 Å². The molecule has 2 N–H and O–H groups in total. The maximum absolute atomic E-state index is 12.0. The van der Waals surface area contributed by atoms with Crippen LogP contribution in [0.1, 0.15) is 91.4 Å². The van der Waals surface area contributed by atoms with Gasteiger partial charge >= 0.3 is 0 Å². The van der Waals surface area contributed by atoms with Crippen LogP contribution < -0.4 is 0 Å². The van der Waals surface area contributed by atoms with Crippen molar-refractivity contribution in [3.63, 3.8) is 0 Å². The maximum Gasteiger partial charge on any atom is 0.161 e. The summed E-state index contributed by atoms with van der Waals surface area (Å²) in [7, 11) is -0.853. The van der Waals surface area contributed by atoms with E-state index in [9.17, 15) is 10.2 Å². The molecular weight excluding hydrogens is 444 g/mol. The summed E-state index contributed by atoms with van der Waals surface area (Å²) in [5.74, 6) is 2.30. The third-order valence-corrected chi connectivity index (χ3v) is 12.1. The summed E-state index contributed by atoms with van der Waals surface area (Å²) in [6, 6.07) is 0. The van der Waals surface area contributed by atoms with Crippen LogP contribution in [0.15, 0.2) is 11.6 Å². The molecule has 8 atom stereocenters. The Hall–Kier alpha value is 0.0138. The molecule has 190 valence electrons. The van der Waals surface area contributed by atoms with Gasteiger partial charge in [-0.1, -0.05) is 45.5 Å². The van der Waals surface area contributed by atoms with Crippen LogP contribution in [-0.2, 0) is 8.85 Å². The predicted molar refractivity (Wildman–Crippen MR) is 140 cm³/mol. The Morgan fingerprint density at radius 2 is 1.79 bits per heavy atom. The van der Waals surface area contributed by atoms with Crippen LogP contribution in [0.5, 0.6) is 0 Å².